The molecule has 1 unspecified atom stereocenters. The van der Waals surface area contributed by atoms with Crippen molar-refractivity contribution in [2.24, 2.45) is 0 Å². The first-order valence-corrected chi connectivity index (χ1v) is 8.04. The lowest BCUT2D eigenvalue weighted by atomic mass is 9.81. The minimum atomic E-state index is 0.232. The number of rotatable bonds is 5. The first-order valence-electron chi connectivity index (χ1n) is 8.04. The molecule has 1 aromatic carbocycles. The summed E-state index contributed by atoms with van der Waals surface area (Å²) in [6, 6.07) is 9.00. The van der Waals surface area contributed by atoms with Crippen LogP contribution >= 0.6 is 0 Å². The number of allylic oxidation sites excluding steroid dienone is 1. The number of hydrogen-bond donors (Lipinski definition) is 1. The van der Waals surface area contributed by atoms with E-state index in [0.29, 0.717) is 0 Å². The molecule has 0 aliphatic heterocycles. The van der Waals surface area contributed by atoms with Gasteiger partial charge in [-0.3, -0.25) is 0 Å². The van der Waals surface area contributed by atoms with Gasteiger partial charge in [0.25, 0.3) is 0 Å². The summed E-state index contributed by atoms with van der Waals surface area (Å²) in [6.07, 6.45) is 11.0. The zero-order valence-corrected chi connectivity index (χ0v) is 13.3. The number of fused-ring (bicyclic) bond motifs is 1. The molecule has 20 heavy (non-hydrogen) atoms. The van der Waals surface area contributed by atoms with Gasteiger partial charge in [0, 0.05) is 5.54 Å². The Kier molecular flexibility index (Phi) is 5.42. The molecule has 0 aromatic heterocycles. The number of aryl methyl sites for hydroxylation is 1. The average molecular weight is 271 g/mol. The molecular formula is C19H29N. The Morgan fingerprint density at radius 2 is 2.00 bits per heavy atom. The largest absolute Gasteiger partial charge is 0.312 e. The minimum absolute atomic E-state index is 0.232. The quantitative estimate of drug-likeness (QED) is 0.597. The minimum Gasteiger partial charge on any atom is -0.312 e. The van der Waals surface area contributed by atoms with Crippen molar-refractivity contribution in [3.05, 3.63) is 47.5 Å². The Morgan fingerprint density at radius 3 is 2.80 bits per heavy atom. The lowest BCUT2D eigenvalue weighted by molar-refractivity contribution is 0.431. The average Bonchev–Trinajstić information content (AvgIpc) is 2.41. The van der Waals surface area contributed by atoms with Crippen molar-refractivity contribution in [1.82, 2.24) is 5.32 Å². The molecule has 1 nitrogen and oxygen atoms in total. The maximum absolute atomic E-state index is 3.52. The van der Waals surface area contributed by atoms with Crippen LogP contribution in [0, 0.1) is 0 Å². The molecule has 1 aliphatic rings. The van der Waals surface area contributed by atoms with E-state index in [0.717, 1.165) is 18.9 Å². The SMILES string of the molecule is CC(C)(C)NCCC=CCC1CCCc2ccccc21. The number of hydrogen-bond acceptors (Lipinski definition) is 1. The van der Waals surface area contributed by atoms with Crippen LogP contribution in [0.3, 0.4) is 0 Å². The van der Waals surface area contributed by atoms with Gasteiger partial charge in [0.05, 0.1) is 0 Å². The van der Waals surface area contributed by atoms with Gasteiger partial charge in [-0.05, 0) is 76.5 Å². The van der Waals surface area contributed by atoms with Crippen molar-refractivity contribution in [3.8, 4) is 0 Å². The van der Waals surface area contributed by atoms with Gasteiger partial charge in [-0.2, -0.15) is 0 Å². The molecular weight excluding hydrogens is 242 g/mol. The zero-order valence-electron chi connectivity index (χ0n) is 13.3. The van der Waals surface area contributed by atoms with E-state index in [-0.39, 0.29) is 5.54 Å². The van der Waals surface area contributed by atoms with E-state index in [9.17, 15) is 0 Å². The highest BCUT2D eigenvalue weighted by Crippen LogP contribution is 2.33. The summed E-state index contributed by atoms with van der Waals surface area (Å²) in [4.78, 5) is 0. The van der Waals surface area contributed by atoms with E-state index in [1.54, 1.807) is 11.1 Å². The fourth-order valence-electron chi connectivity index (χ4n) is 3.01. The summed E-state index contributed by atoms with van der Waals surface area (Å²) in [5.41, 5.74) is 3.40. The van der Waals surface area contributed by atoms with Crippen molar-refractivity contribution in [3.63, 3.8) is 0 Å². The predicted molar refractivity (Wildman–Crippen MR) is 88.3 cm³/mol. The molecule has 0 radical (unpaired) electrons. The standard InChI is InChI=1S/C19H29N/c1-19(2,3)20-15-8-4-5-10-16-12-9-13-17-11-6-7-14-18(16)17/h4-7,11,14,16,20H,8-10,12-13,15H2,1-3H3. The van der Waals surface area contributed by atoms with Crippen LogP contribution in [-0.2, 0) is 6.42 Å². The highest BCUT2D eigenvalue weighted by atomic mass is 14.9. The maximum Gasteiger partial charge on any atom is 0.00966 e. The molecule has 0 fully saturated rings. The molecule has 0 saturated heterocycles. The summed E-state index contributed by atoms with van der Waals surface area (Å²) in [7, 11) is 0. The Morgan fingerprint density at radius 1 is 1.20 bits per heavy atom. The normalized spacial score (nSPS) is 19.2. The fourth-order valence-corrected chi connectivity index (χ4v) is 3.01. The van der Waals surface area contributed by atoms with Crippen LogP contribution in [-0.4, -0.2) is 12.1 Å². The summed E-state index contributed by atoms with van der Waals surface area (Å²) in [6.45, 7) is 7.72. The molecule has 0 bridgehead atoms. The van der Waals surface area contributed by atoms with Crippen LogP contribution in [0.2, 0.25) is 0 Å². The second-order valence-corrected chi connectivity index (χ2v) is 6.96. The molecule has 1 atom stereocenters. The van der Waals surface area contributed by atoms with Gasteiger partial charge in [0.15, 0.2) is 0 Å². The molecule has 0 heterocycles. The van der Waals surface area contributed by atoms with E-state index in [4.69, 9.17) is 0 Å². The second kappa shape index (κ2) is 7.08. The van der Waals surface area contributed by atoms with Crippen molar-refractivity contribution in [2.45, 2.75) is 64.3 Å². The lowest BCUT2D eigenvalue weighted by Gasteiger charge is -2.24. The molecule has 1 N–H and O–H groups in total. The fraction of sp³-hybridized carbons (Fsp3) is 0.579. The lowest BCUT2D eigenvalue weighted by Crippen LogP contribution is -2.36. The van der Waals surface area contributed by atoms with Crippen molar-refractivity contribution in [2.75, 3.05) is 6.54 Å². The van der Waals surface area contributed by atoms with Gasteiger partial charge >= 0.3 is 0 Å². The van der Waals surface area contributed by atoms with Gasteiger partial charge in [-0.15, -0.1) is 0 Å². The Labute approximate surface area is 124 Å². The molecule has 0 saturated carbocycles. The van der Waals surface area contributed by atoms with Crippen LogP contribution in [0.5, 0.6) is 0 Å². The predicted octanol–water partition coefficient (Wildman–Crippen LogP) is 4.83. The zero-order chi connectivity index (χ0) is 14.4. The first-order chi connectivity index (χ1) is 9.56. The van der Waals surface area contributed by atoms with Gasteiger partial charge in [0.2, 0.25) is 0 Å². The highest BCUT2D eigenvalue weighted by molar-refractivity contribution is 5.32. The third kappa shape index (κ3) is 4.79. The summed E-state index contributed by atoms with van der Waals surface area (Å²) >= 11 is 0. The van der Waals surface area contributed by atoms with E-state index in [2.05, 4.69) is 62.5 Å². The highest BCUT2D eigenvalue weighted by Gasteiger charge is 2.18. The van der Waals surface area contributed by atoms with Crippen molar-refractivity contribution in [1.29, 1.82) is 0 Å². The van der Waals surface area contributed by atoms with Gasteiger partial charge < -0.3 is 5.32 Å². The molecule has 1 aromatic rings. The van der Waals surface area contributed by atoms with Crippen molar-refractivity contribution >= 4 is 0 Å². The molecule has 0 spiro atoms. The van der Waals surface area contributed by atoms with Gasteiger partial charge in [-0.1, -0.05) is 36.4 Å². The maximum atomic E-state index is 3.52. The first kappa shape index (κ1) is 15.3. The summed E-state index contributed by atoms with van der Waals surface area (Å²) < 4.78 is 0. The van der Waals surface area contributed by atoms with Gasteiger partial charge in [-0.25, -0.2) is 0 Å². The van der Waals surface area contributed by atoms with Crippen LogP contribution in [0.25, 0.3) is 0 Å². The smallest absolute Gasteiger partial charge is 0.00966 e. The van der Waals surface area contributed by atoms with E-state index in [1.807, 2.05) is 0 Å². The Hall–Kier alpha value is -1.08. The number of benzene rings is 1. The Balaban J connectivity index is 1.78. The summed E-state index contributed by atoms with van der Waals surface area (Å²) in [5.74, 6) is 0.742. The van der Waals surface area contributed by atoms with E-state index >= 15 is 0 Å². The molecule has 0 amide bonds. The van der Waals surface area contributed by atoms with Gasteiger partial charge in [0.1, 0.15) is 0 Å². The molecule has 2 rings (SSSR count). The topological polar surface area (TPSA) is 12.0 Å². The molecule has 1 heteroatoms. The number of nitrogens with one attached hydrogen (secondary N) is 1. The van der Waals surface area contributed by atoms with Crippen LogP contribution in [0.1, 0.15) is 63.5 Å². The summed E-state index contributed by atoms with van der Waals surface area (Å²) in [5, 5.41) is 3.52. The molecule has 110 valence electrons. The van der Waals surface area contributed by atoms with E-state index in [1.165, 1.54) is 25.7 Å². The second-order valence-electron chi connectivity index (χ2n) is 6.96. The third-order valence-electron chi connectivity index (χ3n) is 4.05. The van der Waals surface area contributed by atoms with E-state index < -0.39 is 0 Å². The van der Waals surface area contributed by atoms with Crippen molar-refractivity contribution < 1.29 is 0 Å². The third-order valence-corrected chi connectivity index (χ3v) is 4.05. The Bertz CT molecular complexity index is 439. The van der Waals surface area contributed by atoms with Crippen LogP contribution < -0.4 is 5.32 Å². The van der Waals surface area contributed by atoms with Crippen LogP contribution in [0.4, 0.5) is 0 Å². The molecule has 1 aliphatic carbocycles. The monoisotopic (exact) mass is 271 g/mol. The van der Waals surface area contributed by atoms with Crippen LogP contribution in [0.15, 0.2) is 36.4 Å².